The molecule has 5 heteroatoms. The van der Waals surface area contributed by atoms with Crippen LogP contribution in [0, 0.1) is 5.82 Å². The molecule has 1 aromatic rings. The summed E-state index contributed by atoms with van der Waals surface area (Å²) < 4.78 is 40.9. The van der Waals surface area contributed by atoms with Crippen molar-refractivity contribution < 1.29 is 17.9 Å². The monoisotopic (exact) mass is 219 g/mol. The molecule has 0 saturated heterocycles. The fourth-order valence-corrected chi connectivity index (χ4v) is 1.03. The fraction of sp³-hybridized carbons (Fsp3) is 0.400. The van der Waals surface area contributed by atoms with Gasteiger partial charge in [-0.1, -0.05) is 12.1 Å². The third-order valence-electron chi connectivity index (χ3n) is 1.68. The van der Waals surface area contributed by atoms with Crippen molar-refractivity contribution in [1.82, 2.24) is 0 Å². The quantitative estimate of drug-likeness (QED) is 0.742. The number of hydrogen-bond acceptors (Lipinski definition) is 2. The molecule has 0 fully saturated rings. The molecule has 0 aromatic heterocycles. The predicted octanol–water partition coefficient (Wildman–Crippen LogP) is 2.52. The summed E-state index contributed by atoms with van der Waals surface area (Å²) in [6, 6.07) is 6.16. The largest absolute Gasteiger partial charge is 0.380 e. The highest BCUT2D eigenvalue weighted by Crippen LogP contribution is 2.11. The van der Waals surface area contributed by atoms with Gasteiger partial charge in [-0.2, -0.15) is 0 Å². The molecule has 0 bridgehead atoms. The van der Waals surface area contributed by atoms with E-state index in [1.165, 1.54) is 6.07 Å². The van der Waals surface area contributed by atoms with Gasteiger partial charge < -0.3 is 10.1 Å². The SMILES string of the molecule is Fc1ccccc1NCCOCC(F)F. The summed E-state index contributed by atoms with van der Waals surface area (Å²) in [5.41, 5.74) is 0.346. The molecule has 0 aliphatic heterocycles. The lowest BCUT2D eigenvalue weighted by atomic mass is 10.3. The second-order valence-corrected chi connectivity index (χ2v) is 2.87. The van der Waals surface area contributed by atoms with Crippen LogP contribution < -0.4 is 5.32 Å². The van der Waals surface area contributed by atoms with Gasteiger partial charge in [0.25, 0.3) is 6.43 Å². The Balaban J connectivity index is 2.18. The van der Waals surface area contributed by atoms with Crippen LogP contribution in [0.2, 0.25) is 0 Å². The Morgan fingerprint density at radius 3 is 2.67 bits per heavy atom. The zero-order valence-corrected chi connectivity index (χ0v) is 8.05. The molecule has 0 spiro atoms. The Labute approximate surface area is 86.1 Å². The maximum Gasteiger partial charge on any atom is 0.261 e. The van der Waals surface area contributed by atoms with Crippen molar-refractivity contribution in [2.45, 2.75) is 6.43 Å². The first-order chi connectivity index (χ1) is 7.20. The number of rotatable bonds is 6. The summed E-state index contributed by atoms with van der Waals surface area (Å²) in [5, 5.41) is 2.74. The second-order valence-electron chi connectivity index (χ2n) is 2.87. The second kappa shape index (κ2) is 6.29. The van der Waals surface area contributed by atoms with E-state index in [2.05, 4.69) is 10.1 Å². The highest BCUT2D eigenvalue weighted by atomic mass is 19.3. The Bertz CT molecular complexity index is 294. The van der Waals surface area contributed by atoms with Crippen LogP contribution in [-0.4, -0.2) is 26.2 Å². The molecule has 0 saturated carbocycles. The summed E-state index contributed by atoms with van der Waals surface area (Å²) in [4.78, 5) is 0. The van der Waals surface area contributed by atoms with Gasteiger partial charge >= 0.3 is 0 Å². The van der Waals surface area contributed by atoms with Crippen LogP contribution >= 0.6 is 0 Å². The van der Waals surface area contributed by atoms with Crippen LogP contribution in [0.15, 0.2) is 24.3 Å². The van der Waals surface area contributed by atoms with E-state index in [0.717, 1.165) is 0 Å². The Hall–Kier alpha value is -1.23. The van der Waals surface area contributed by atoms with Crippen LogP contribution in [-0.2, 0) is 4.74 Å². The molecule has 15 heavy (non-hydrogen) atoms. The standard InChI is InChI=1S/C10H12F3NO/c11-8-3-1-2-4-9(8)14-5-6-15-7-10(12)13/h1-4,10,14H,5-7H2. The van der Waals surface area contributed by atoms with E-state index >= 15 is 0 Å². The first-order valence-electron chi connectivity index (χ1n) is 4.54. The summed E-state index contributed by atoms with van der Waals surface area (Å²) in [5.74, 6) is -0.369. The van der Waals surface area contributed by atoms with Crippen molar-refractivity contribution in [3.05, 3.63) is 30.1 Å². The van der Waals surface area contributed by atoms with Crippen LogP contribution in [0.25, 0.3) is 0 Å². The molecule has 0 unspecified atom stereocenters. The molecular formula is C10H12F3NO. The molecule has 0 aliphatic carbocycles. The van der Waals surface area contributed by atoms with Crippen LogP contribution in [0.1, 0.15) is 0 Å². The van der Waals surface area contributed by atoms with Crippen molar-refractivity contribution in [3.8, 4) is 0 Å². The maximum atomic E-state index is 13.0. The van der Waals surface area contributed by atoms with Gasteiger partial charge in [0.1, 0.15) is 12.4 Å². The minimum atomic E-state index is -2.46. The molecule has 0 heterocycles. The molecule has 1 N–H and O–H groups in total. The molecule has 1 rings (SSSR count). The molecule has 0 atom stereocenters. The van der Waals surface area contributed by atoms with Crippen molar-refractivity contribution >= 4 is 5.69 Å². The van der Waals surface area contributed by atoms with Gasteiger partial charge in [-0.25, -0.2) is 13.2 Å². The number of benzene rings is 1. The Kier molecular flexibility index (Phi) is 4.97. The predicted molar refractivity (Wildman–Crippen MR) is 51.7 cm³/mol. The van der Waals surface area contributed by atoms with E-state index in [0.29, 0.717) is 12.2 Å². The highest BCUT2D eigenvalue weighted by Gasteiger charge is 2.02. The normalized spacial score (nSPS) is 10.7. The minimum Gasteiger partial charge on any atom is -0.380 e. The van der Waals surface area contributed by atoms with Crippen LogP contribution in [0.5, 0.6) is 0 Å². The summed E-state index contributed by atoms with van der Waals surface area (Å²) in [6.45, 7) is -0.161. The highest BCUT2D eigenvalue weighted by molar-refractivity contribution is 5.44. The van der Waals surface area contributed by atoms with Crippen molar-refractivity contribution in [3.63, 3.8) is 0 Å². The van der Waals surface area contributed by atoms with Gasteiger partial charge in [0.2, 0.25) is 0 Å². The lowest BCUT2D eigenvalue weighted by molar-refractivity contribution is 0.0215. The number of alkyl halides is 2. The van der Waals surface area contributed by atoms with Crippen LogP contribution in [0.4, 0.5) is 18.9 Å². The summed E-state index contributed by atoms with van der Waals surface area (Å²) in [7, 11) is 0. The molecule has 0 aliphatic rings. The first kappa shape index (κ1) is 11.8. The van der Waals surface area contributed by atoms with Gasteiger partial charge in [-0.05, 0) is 12.1 Å². The Morgan fingerprint density at radius 1 is 1.27 bits per heavy atom. The number of para-hydroxylation sites is 1. The van der Waals surface area contributed by atoms with Gasteiger partial charge in [0.05, 0.1) is 12.3 Å². The average Bonchev–Trinajstić information content (AvgIpc) is 2.20. The van der Waals surface area contributed by atoms with Gasteiger partial charge in [-0.15, -0.1) is 0 Å². The molecule has 84 valence electrons. The smallest absolute Gasteiger partial charge is 0.261 e. The number of ether oxygens (including phenoxy) is 1. The third-order valence-corrected chi connectivity index (χ3v) is 1.68. The zero-order chi connectivity index (χ0) is 11.1. The van der Waals surface area contributed by atoms with Gasteiger partial charge in [0, 0.05) is 6.54 Å². The number of hydrogen-bond donors (Lipinski definition) is 1. The van der Waals surface area contributed by atoms with Crippen molar-refractivity contribution in [1.29, 1.82) is 0 Å². The Morgan fingerprint density at radius 2 is 2.00 bits per heavy atom. The third kappa shape index (κ3) is 4.69. The van der Waals surface area contributed by atoms with E-state index in [1.807, 2.05) is 0 Å². The van der Waals surface area contributed by atoms with E-state index in [1.54, 1.807) is 18.2 Å². The lowest BCUT2D eigenvalue weighted by Crippen LogP contribution is -2.13. The maximum absolute atomic E-state index is 13.0. The summed E-state index contributed by atoms with van der Waals surface area (Å²) >= 11 is 0. The first-order valence-corrected chi connectivity index (χ1v) is 4.54. The minimum absolute atomic E-state index is 0.124. The van der Waals surface area contributed by atoms with Gasteiger partial charge in [0.15, 0.2) is 0 Å². The van der Waals surface area contributed by atoms with Crippen LogP contribution in [0.3, 0.4) is 0 Å². The molecule has 1 aromatic carbocycles. The van der Waals surface area contributed by atoms with E-state index in [4.69, 9.17) is 0 Å². The zero-order valence-electron chi connectivity index (χ0n) is 8.05. The topological polar surface area (TPSA) is 21.3 Å². The average molecular weight is 219 g/mol. The number of halogens is 3. The van der Waals surface area contributed by atoms with Gasteiger partial charge in [-0.3, -0.25) is 0 Å². The lowest BCUT2D eigenvalue weighted by Gasteiger charge is -2.07. The number of anilines is 1. The molecular weight excluding hydrogens is 207 g/mol. The summed E-state index contributed by atoms with van der Waals surface area (Å²) in [6.07, 6.45) is -2.46. The van der Waals surface area contributed by atoms with E-state index < -0.39 is 13.0 Å². The molecule has 0 radical (unpaired) electrons. The fourth-order valence-electron chi connectivity index (χ4n) is 1.03. The molecule has 0 amide bonds. The number of nitrogens with one attached hydrogen (secondary N) is 1. The van der Waals surface area contributed by atoms with Crippen molar-refractivity contribution in [2.24, 2.45) is 0 Å². The van der Waals surface area contributed by atoms with E-state index in [9.17, 15) is 13.2 Å². The van der Waals surface area contributed by atoms with E-state index in [-0.39, 0.29) is 12.4 Å². The van der Waals surface area contributed by atoms with Crippen molar-refractivity contribution in [2.75, 3.05) is 25.1 Å². The molecule has 2 nitrogen and oxygen atoms in total.